The molecule has 0 aliphatic rings. The van der Waals surface area contributed by atoms with Gasteiger partial charge in [0, 0.05) is 16.6 Å². The van der Waals surface area contributed by atoms with E-state index < -0.39 is 12.4 Å². The third-order valence-electron chi connectivity index (χ3n) is 2.71. The van der Waals surface area contributed by atoms with Crippen molar-refractivity contribution < 1.29 is 18.3 Å². The molecule has 0 saturated carbocycles. The lowest BCUT2D eigenvalue weighted by Crippen LogP contribution is -2.07. The lowest BCUT2D eigenvalue weighted by Gasteiger charge is -2.06. The van der Waals surface area contributed by atoms with Crippen LogP contribution in [0.3, 0.4) is 0 Å². The summed E-state index contributed by atoms with van der Waals surface area (Å²) >= 11 is 0.992. The molecule has 0 aliphatic heterocycles. The number of halogens is 2. The van der Waals surface area contributed by atoms with Crippen molar-refractivity contribution in [1.82, 2.24) is 4.98 Å². The predicted molar refractivity (Wildman–Crippen MR) is 73.2 cm³/mol. The van der Waals surface area contributed by atoms with Crippen molar-refractivity contribution in [3.8, 4) is 10.4 Å². The average Bonchev–Trinajstić information content (AvgIpc) is 2.89. The van der Waals surface area contributed by atoms with Crippen LogP contribution in [0, 0.1) is 6.92 Å². The Morgan fingerprint density at radius 2 is 2.20 bits per heavy atom. The first-order chi connectivity index (χ1) is 9.52. The number of alkyl halides is 2. The van der Waals surface area contributed by atoms with E-state index in [4.69, 9.17) is 4.74 Å². The van der Waals surface area contributed by atoms with Crippen LogP contribution < -0.4 is 0 Å². The fourth-order valence-electron chi connectivity index (χ4n) is 1.71. The van der Waals surface area contributed by atoms with Gasteiger partial charge in [-0.1, -0.05) is 0 Å². The number of nitrogens with zero attached hydrogens (tertiary/aromatic N) is 1. The minimum atomic E-state index is -2.49. The molecule has 0 N–H and O–H groups in total. The monoisotopic (exact) mass is 297 g/mol. The van der Waals surface area contributed by atoms with E-state index in [-0.39, 0.29) is 11.5 Å². The molecule has 0 fully saturated rings. The second kappa shape index (κ2) is 6.09. The zero-order chi connectivity index (χ0) is 14.7. The van der Waals surface area contributed by atoms with Crippen LogP contribution in [0.5, 0.6) is 0 Å². The third-order valence-corrected chi connectivity index (χ3v) is 3.85. The summed E-state index contributed by atoms with van der Waals surface area (Å²) in [4.78, 5) is 16.6. The summed E-state index contributed by atoms with van der Waals surface area (Å²) in [5.41, 5.74) is 1.55. The zero-order valence-electron chi connectivity index (χ0n) is 11.0. The molecule has 2 aromatic heterocycles. The summed E-state index contributed by atoms with van der Waals surface area (Å²) < 4.78 is 30.1. The Morgan fingerprint density at radius 1 is 1.45 bits per heavy atom. The van der Waals surface area contributed by atoms with Crippen molar-refractivity contribution in [3.05, 3.63) is 40.5 Å². The van der Waals surface area contributed by atoms with E-state index >= 15 is 0 Å². The first-order valence-corrected chi connectivity index (χ1v) is 6.86. The molecule has 0 saturated heterocycles. The van der Waals surface area contributed by atoms with Gasteiger partial charge in [0.25, 0.3) is 6.43 Å². The molecule has 0 aliphatic carbocycles. The molecule has 0 amide bonds. The minimum absolute atomic E-state index is 0.00161. The first-order valence-electron chi connectivity index (χ1n) is 6.05. The van der Waals surface area contributed by atoms with Crippen LogP contribution in [0.25, 0.3) is 10.4 Å². The second-order valence-electron chi connectivity index (χ2n) is 4.08. The molecule has 0 aromatic carbocycles. The van der Waals surface area contributed by atoms with Crippen molar-refractivity contribution in [3.63, 3.8) is 0 Å². The quantitative estimate of drug-likeness (QED) is 0.793. The lowest BCUT2D eigenvalue weighted by molar-refractivity contribution is 0.0525. The summed E-state index contributed by atoms with van der Waals surface area (Å²) in [5.74, 6) is -0.454. The predicted octanol–water partition coefficient (Wildman–Crippen LogP) is 4.23. The van der Waals surface area contributed by atoms with Crippen molar-refractivity contribution in [2.45, 2.75) is 20.3 Å². The second-order valence-corrected chi connectivity index (χ2v) is 5.20. The zero-order valence-corrected chi connectivity index (χ0v) is 11.8. The summed E-state index contributed by atoms with van der Waals surface area (Å²) in [6.07, 6.45) is -0.921. The summed E-state index contributed by atoms with van der Waals surface area (Å²) in [6.45, 7) is 3.70. The van der Waals surface area contributed by atoms with Gasteiger partial charge in [-0.25, -0.2) is 13.6 Å². The maximum atomic E-state index is 12.6. The highest BCUT2D eigenvalue weighted by molar-refractivity contribution is 7.15. The van der Waals surface area contributed by atoms with E-state index in [0.717, 1.165) is 11.3 Å². The smallest absolute Gasteiger partial charge is 0.339 e. The fraction of sp³-hybridized carbons (Fsp3) is 0.286. The first kappa shape index (κ1) is 14.6. The molecule has 2 heterocycles. The Balaban J connectivity index is 2.37. The largest absolute Gasteiger partial charge is 0.462 e. The van der Waals surface area contributed by atoms with Gasteiger partial charge in [-0.3, -0.25) is 4.98 Å². The normalized spacial score (nSPS) is 10.8. The maximum absolute atomic E-state index is 12.6. The summed E-state index contributed by atoms with van der Waals surface area (Å²) in [6, 6.07) is 4.61. The van der Waals surface area contributed by atoms with Crippen LogP contribution in [-0.4, -0.2) is 17.6 Å². The molecule has 0 atom stereocenters. The summed E-state index contributed by atoms with van der Waals surface area (Å²) in [5, 5.41) is 0. The topological polar surface area (TPSA) is 39.2 Å². The highest BCUT2D eigenvalue weighted by Crippen LogP contribution is 2.33. The van der Waals surface area contributed by atoms with Gasteiger partial charge in [0.15, 0.2) is 0 Å². The number of hydrogen-bond acceptors (Lipinski definition) is 4. The van der Waals surface area contributed by atoms with Crippen LogP contribution in [0.2, 0.25) is 0 Å². The minimum Gasteiger partial charge on any atom is -0.462 e. The molecule has 0 radical (unpaired) electrons. The number of hydrogen-bond donors (Lipinski definition) is 0. The Labute approximate surface area is 119 Å². The lowest BCUT2D eigenvalue weighted by atomic mass is 10.1. The molecule has 2 rings (SSSR count). The average molecular weight is 297 g/mol. The number of aryl methyl sites for hydroxylation is 1. The summed E-state index contributed by atoms with van der Waals surface area (Å²) in [7, 11) is 0. The number of pyridine rings is 1. The van der Waals surface area contributed by atoms with Crippen LogP contribution in [-0.2, 0) is 4.74 Å². The van der Waals surface area contributed by atoms with Crippen LogP contribution in [0.15, 0.2) is 24.4 Å². The molecule has 0 spiro atoms. The maximum Gasteiger partial charge on any atom is 0.339 e. The Hall–Kier alpha value is -1.82. The van der Waals surface area contributed by atoms with Crippen LogP contribution in [0.4, 0.5) is 8.78 Å². The molecule has 3 nitrogen and oxygen atoms in total. The molecule has 20 heavy (non-hydrogen) atoms. The van der Waals surface area contributed by atoms with Crippen molar-refractivity contribution >= 4 is 17.3 Å². The Kier molecular flexibility index (Phi) is 4.44. The number of carbonyl (C=O) groups excluding carboxylic acids is 1. The number of thiophene rings is 1. The molecule has 0 bridgehead atoms. The highest BCUT2D eigenvalue weighted by atomic mass is 32.1. The van der Waals surface area contributed by atoms with Gasteiger partial charge in [0.1, 0.15) is 0 Å². The van der Waals surface area contributed by atoms with Crippen molar-refractivity contribution in [2.24, 2.45) is 0 Å². The van der Waals surface area contributed by atoms with E-state index in [1.54, 1.807) is 32.2 Å². The van der Waals surface area contributed by atoms with E-state index in [0.29, 0.717) is 21.7 Å². The van der Waals surface area contributed by atoms with Crippen LogP contribution in [0.1, 0.15) is 34.3 Å². The number of ether oxygens (including phenoxy) is 1. The fourth-order valence-corrected chi connectivity index (χ4v) is 2.55. The van der Waals surface area contributed by atoms with Gasteiger partial charge in [-0.05, 0) is 32.0 Å². The number of carbonyl (C=O) groups is 1. The van der Waals surface area contributed by atoms with E-state index in [9.17, 15) is 13.6 Å². The van der Waals surface area contributed by atoms with Gasteiger partial charge in [-0.2, -0.15) is 0 Å². The molecular formula is C14H13F2NO2S. The standard InChI is InChI=1S/C14H13F2NO2S/c1-3-19-14(18)10-6-9(7-17-8(10)2)11-4-5-12(20-11)13(15)16/h4-7,13H,3H2,1-2H3. The van der Waals surface area contributed by atoms with Crippen LogP contribution >= 0.6 is 11.3 Å². The van der Waals surface area contributed by atoms with Crippen molar-refractivity contribution in [2.75, 3.05) is 6.61 Å². The van der Waals surface area contributed by atoms with Gasteiger partial charge >= 0.3 is 5.97 Å². The van der Waals surface area contributed by atoms with Gasteiger partial charge < -0.3 is 4.74 Å². The molecule has 0 unspecified atom stereocenters. The third kappa shape index (κ3) is 3.01. The van der Waals surface area contributed by atoms with Crippen molar-refractivity contribution in [1.29, 1.82) is 0 Å². The van der Waals surface area contributed by atoms with E-state index in [2.05, 4.69) is 4.98 Å². The molecule has 6 heteroatoms. The molecule has 2 aromatic rings. The Morgan fingerprint density at radius 3 is 2.80 bits per heavy atom. The number of esters is 1. The SMILES string of the molecule is CCOC(=O)c1cc(-c2ccc(C(F)F)s2)cnc1C. The Bertz CT molecular complexity index is 625. The van der Waals surface area contributed by atoms with E-state index in [1.807, 2.05) is 0 Å². The number of rotatable bonds is 4. The molecular weight excluding hydrogens is 284 g/mol. The van der Waals surface area contributed by atoms with E-state index in [1.165, 1.54) is 6.07 Å². The van der Waals surface area contributed by atoms with Gasteiger partial charge in [0.05, 0.1) is 22.7 Å². The highest BCUT2D eigenvalue weighted by Gasteiger charge is 2.15. The van der Waals surface area contributed by atoms with Gasteiger partial charge in [0.2, 0.25) is 0 Å². The van der Waals surface area contributed by atoms with Gasteiger partial charge in [-0.15, -0.1) is 11.3 Å². The number of aromatic nitrogens is 1. The molecule has 106 valence electrons.